The number of rotatable bonds is 7. The van der Waals surface area contributed by atoms with E-state index < -0.39 is 17.8 Å². The van der Waals surface area contributed by atoms with E-state index in [1.807, 2.05) is 0 Å². The highest BCUT2D eigenvalue weighted by molar-refractivity contribution is 5.91. The second kappa shape index (κ2) is 9.51. The third kappa shape index (κ3) is 5.62. The smallest absolute Gasteiger partial charge is 0.404 e. The summed E-state index contributed by atoms with van der Waals surface area (Å²) in [6.45, 7) is -0.0487. The second-order valence-corrected chi connectivity index (χ2v) is 8.35. The highest BCUT2D eigenvalue weighted by Crippen LogP contribution is 2.39. The summed E-state index contributed by atoms with van der Waals surface area (Å²) in [7, 11) is 1.47. The molecule has 12 heteroatoms. The lowest BCUT2D eigenvalue weighted by Gasteiger charge is -2.36. The number of hydrogen-bond donors (Lipinski definition) is 3. The van der Waals surface area contributed by atoms with Crippen molar-refractivity contribution in [2.75, 3.05) is 18.6 Å². The Bertz CT molecular complexity index is 977. The number of nitrogens with zero attached hydrogens (tertiary/aromatic N) is 5. The van der Waals surface area contributed by atoms with E-state index in [0.29, 0.717) is 55.6 Å². The van der Waals surface area contributed by atoms with Gasteiger partial charge < -0.3 is 20.5 Å². The number of carboxylic acid groups (broad SMARTS) is 1. The fourth-order valence-corrected chi connectivity index (χ4v) is 3.89. The molecule has 0 saturated heterocycles. The Morgan fingerprint density at radius 2 is 1.82 bits per heavy atom. The van der Waals surface area contributed by atoms with Gasteiger partial charge in [-0.05, 0) is 38.5 Å². The number of anilines is 1. The van der Waals surface area contributed by atoms with Gasteiger partial charge in [-0.2, -0.15) is 0 Å². The minimum absolute atomic E-state index is 0.0487. The van der Waals surface area contributed by atoms with Crippen molar-refractivity contribution < 1.29 is 23.8 Å². The number of amides is 3. The fourth-order valence-electron chi connectivity index (χ4n) is 3.89. The highest BCUT2D eigenvalue weighted by atomic mass is 19.1. The summed E-state index contributed by atoms with van der Waals surface area (Å²) >= 11 is 0. The fraction of sp³-hybridized carbons (Fsp3) is 0.524. The Balaban J connectivity index is 1.50. The van der Waals surface area contributed by atoms with E-state index in [9.17, 15) is 14.0 Å². The summed E-state index contributed by atoms with van der Waals surface area (Å²) in [5.41, 5.74) is -0.162. The maximum absolute atomic E-state index is 14.1. The van der Waals surface area contributed by atoms with Crippen molar-refractivity contribution in [3.8, 4) is 17.3 Å². The SMILES string of the molecule is COc1ncc(-c2cnc(N(C(=O)NCC3(F)CC3)[C@H]3CC[C@H](NC(=O)O)CC3)cn2)cn1. The molecule has 3 amide bonds. The summed E-state index contributed by atoms with van der Waals surface area (Å²) < 4.78 is 19.0. The molecule has 2 aliphatic rings. The molecule has 176 valence electrons. The van der Waals surface area contributed by atoms with E-state index in [-0.39, 0.29) is 24.6 Å². The minimum atomic E-state index is -1.33. The first-order valence-electron chi connectivity index (χ1n) is 10.8. The van der Waals surface area contributed by atoms with Gasteiger partial charge in [0.05, 0.1) is 31.7 Å². The van der Waals surface area contributed by atoms with Gasteiger partial charge in [0.1, 0.15) is 5.67 Å². The topological polar surface area (TPSA) is 142 Å². The average molecular weight is 459 g/mol. The number of halogens is 1. The van der Waals surface area contributed by atoms with Crippen molar-refractivity contribution >= 4 is 17.9 Å². The predicted octanol–water partition coefficient (Wildman–Crippen LogP) is 2.54. The minimum Gasteiger partial charge on any atom is -0.467 e. The molecular formula is C21H26FN7O4. The Hall–Kier alpha value is -3.57. The lowest BCUT2D eigenvalue weighted by Crippen LogP contribution is -2.51. The molecule has 2 fully saturated rings. The number of hydrogen-bond acceptors (Lipinski definition) is 7. The number of carbonyl (C=O) groups is 2. The molecule has 0 spiro atoms. The van der Waals surface area contributed by atoms with Crippen LogP contribution in [0.1, 0.15) is 38.5 Å². The number of urea groups is 1. The standard InChI is InChI=1S/C21H26FN7O4/c1-33-18-25-8-13(9-26-18)16-10-24-17(11-23-16)29(19(30)27-12-21(22)6-7-21)15-4-2-14(3-5-15)28-20(31)32/h8-11,14-15,28H,2-7,12H2,1H3,(H,27,30)(H,31,32)/t14-,15-. The molecule has 0 atom stereocenters. The maximum Gasteiger partial charge on any atom is 0.404 e. The quantitative estimate of drug-likeness (QED) is 0.573. The zero-order valence-corrected chi connectivity index (χ0v) is 18.2. The molecule has 3 N–H and O–H groups in total. The van der Waals surface area contributed by atoms with Crippen molar-refractivity contribution in [3.05, 3.63) is 24.8 Å². The van der Waals surface area contributed by atoms with E-state index in [1.165, 1.54) is 24.4 Å². The van der Waals surface area contributed by atoms with E-state index in [2.05, 4.69) is 30.6 Å². The van der Waals surface area contributed by atoms with Crippen LogP contribution in [0.15, 0.2) is 24.8 Å². The monoisotopic (exact) mass is 459 g/mol. The molecule has 0 unspecified atom stereocenters. The predicted molar refractivity (Wildman–Crippen MR) is 116 cm³/mol. The van der Waals surface area contributed by atoms with Crippen LogP contribution in [0.4, 0.5) is 19.8 Å². The summed E-state index contributed by atoms with van der Waals surface area (Å²) in [6.07, 6.45) is 8.29. The highest BCUT2D eigenvalue weighted by Gasteiger charge is 2.44. The van der Waals surface area contributed by atoms with Gasteiger partial charge >= 0.3 is 18.1 Å². The third-order valence-electron chi connectivity index (χ3n) is 5.95. The molecule has 33 heavy (non-hydrogen) atoms. The van der Waals surface area contributed by atoms with Gasteiger partial charge in [-0.15, -0.1) is 0 Å². The van der Waals surface area contributed by atoms with Crippen molar-refractivity contribution in [1.82, 2.24) is 30.6 Å². The number of ether oxygens (including phenoxy) is 1. The Morgan fingerprint density at radius 1 is 1.12 bits per heavy atom. The Labute approximate surface area is 189 Å². The first-order chi connectivity index (χ1) is 15.9. The molecule has 2 aromatic heterocycles. The lowest BCUT2D eigenvalue weighted by molar-refractivity contribution is 0.184. The van der Waals surface area contributed by atoms with Crippen molar-refractivity contribution in [2.24, 2.45) is 0 Å². The van der Waals surface area contributed by atoms with Crippen LogP contribution in [0.2, 0.25) is 0 Å². The third-order valence-corrected chi connectivity index (χ3v) is 5.95. The molecule has 0 radical (unpaired) electrons. The van der Waals surface area contributed by atoms with Crippen LogP contribution in [0, 0.1) is 0 Å². The van der Waals surface area contributed by atoms with Crippen LogP contribution < -0.4 is 20.3 Å². The van der Waals surface area contributed by atoms with Gasteiger partial charge in [0.25, 0.3) is 0 Å². The molecule has 2 aromatic rings. The molecule has 2 heterocycles. The van der Waals surface area contributed by atoms with Crippen molar-refractivity contribution in [3.63, 3.8) is 0 Å². The van der Waals surface area contributed by atoms with Crippen LogP contribution in [-0.4, -0.2) is 68.6 Å². The first kappa shape index (κ1) is 22.6. The molecular weight excluding hydrogens is 433 g/mol. The molecule has 2 aliphatic carbocycles. The summed E-state index contributed by atoms with van der Waals surface area (Å²) in [6, 6.07) is -0.576. The normalized spacial score (nSPS) is 21.0. The van der Waals surface area contributed by atoms with Crippen LogP contribution in [0.3, 0.4) is 0 Å². The van der Waals surface area contributed by atoms with Gasteiger partial charge in [-0.1, -0.05) is 0 Å². The van der Waals surface area contributed by atoms with Gasteiger partial charge in [-0.3, -0.25) is 9.88 Å². The zero-order chi connectivity index (χ0) is 23.4. The molecule has 4 rings (SSSR count). The number of nitrogens with one attached hydrogen (secondary N) is 2. The van der Waals surface area contributed by atoms with E-state index >= 15 is 0 Å². The van der Waals surface area contributed by atoms with Crippen LogP contribution >= 0.6 is 0 Å². The zero-order valence-electron chi connectivity index (χ0n) is 18.2. The van der Waals surface area contributed by atoms with E-state index in [0.717, 1.165) is 0 Å². The summed E-state index contributed by atoms with van der Waals surface area (Å²) in [5, 5.41) is 14.1. The Morgan fingerprint density at radius 3 is 2.36 bits per heavy atom. The second-order valence-electron chi connectivity index (χ2n) is 8.35. The van der Waals surface area contributed by atoms with Crippen LogP contribution in [0.25, 0.3) is 11.3 Å². The maximum atomic E-state index is 14.1. The van der Waals surface area contributed by atoms with Gasteiger partial charge in [0.2, 0.25) is 0 Å². The number of methoxy groups -OCH3 is 1. The lowest BCUT2D eigenvalue weighted by atomic mass is 9.90. The summed E-state index contributed by atoms with van der Waals surface area (Å²) in [4.78, 5) is 42.4. The van der Waals surface area contributed by atoms with E-state index in [4.69, 9.17) is 9.84 Å². The van der Waals surface area contributed by atoms with Gasteiger partial charge in [0, 0.05) is 30.0 Å². The number of alkyl halides is 1. The first-order valence-corrected chi connectivity index (χ1v) is 10.8. The van der Waals surface area contributed by atoms with E-state index in [1.54, 1.807) is 12.4 Å². The van der Waals surface area contributed by atoms with Gasteiger partial charge in [-0.25, -0.2) is 28.9 Å². The largest absolute Gasteiger partial charge is 0.467 e. The molecule has 0 aliphatic heterocycles. The van der Waals surface area contributed by atoms with Crippen molar-refractivity contribution in [1.29, 1.82) is 0 Å². The van der Waals surface area contributed by atoms with Crippen LogP contribution in [-0.2, 0) is 0 Å². The average Bonchev–Trinajstić information content (AvgIpc) is 3.57. The van der Waals surface area contributed by atoms with Crippen molar-refractivity contribution in [2.45, 2.75) is 56.3 Å². The Kier molecular flexibility index (Phi) is 6.52. The molecule has 0 aromatic carbocycles. The molecule has 11 nitrogen and oxygen atoms in total. The van der Waals surface area contributed by atoms with Gasteiger partial charge in [0.15, 0.2) is 5.82 Å². The number of aromatic nitrogens is 4. The number of carbonyl (C=O) groups excluding carboxylic acids is 1. The summed E-state index contributed by atoms with van der Waals surface area (Å²) in [5.74, 6) is 0.337. The molecule has 2 saturated carbocycles. The molecule has 0 bridgehead atoms. The van der Waals surface area contributed by atoms with Crippen LogP contribution in [0.5, 0.6) is 6.01 Å².